The molecule has 0 radical (unpaired) electrons. The minimum absolute atomic E-state index is 0.0261. The van der Waals surface area contributed by atoms with Crippen LogP contribution in [0.4, 0.5) is 0 Å². The molecule has 3 atom stereocenters. The minimum Gasteiger partial charge on any atom is -0.465 e. The van der Waals surface area contributed by atoms with E-state index in [1.165, 1.54) is 0 Å². The van der Waals surface area contributed by atoms with Crippen molar-refractivity contribution in [2.75, 3.05) is 20.2 Å². The average molecular weight is 259 g/mol. The lowest BCUT2D eigenvalue weighted by atomic mass is 9.71. The van der Waals surface area contributed by atoms with Crippen LogP contribution >= 0.6 is 0 Å². The van der Waals surface area contributed by atoms with Crippen molar-refractivity contribution >= 4 is 5.97 Å². The number of piperidine rings is 1. The van der Waals surface area contributed by atoms with Crippen LogP contribution in [0.1, 0.15) is 25.3 Å². The van der Waals surface area contributed by atoms with Crippen LogP contribution in [0, 0.1) is 5.92 Å². The fourth-order valence-corrected chi connectivity index (χ4v) is 3.93. The Hall–Kier alpha value is -1.35. The van der Waals surface area contributed by atoms with Gasteiger partial charge in [0.15, 0.2) is 0 Å². The monoisotopic (exact) mass is 259 g/mol. The summed E-state index contributed by atoms with van der Waals surface area (Å²) in [4.78, 5) is 15.0. The van der Waals surface area contributed by atoms with Crippen molar-refractivity contribution in [3.05, 3.63) is 35.9 Å². The number of fused-ring (bicyclic) bond motifs is 2. The molecular weight excluding hydrogens is 238 g/mol. The first-order chi connectivity index (χ1) is 9.18. The van der Waals surface area contributed by atoms with E-state index in [9.17, 15) is 4.79 Å². The summed E-state index contributed by atoms with van der Waals surface area (Å²) >= 11 is 0. The minimum atomic E-state index is -0.408. The number of ether oxygens (including phenoxy) is 1. The predicted octanol–water partition coefficient (Wildman–Crippen LogP) is 2.21. The maximum atomic E-state index is 12.6. The molecule has 2 bridgehead atoms. The second-order valence-corrected chi connectivity index (χ2v) is 5.79. The lowest BCUT2D eigenvalue weighted by molar-refractivity contribution is -0.153. The van der Waals surface area contributed by atoms with E-state index in [1.807, 2.05) is 25.1 Å². The zero-order chi connectivity index (χ0) is 13.5. The summed E-state index contributed by atoms with van der Waals surface area (Å²) < 4.78 is 5.41. The number of nitrogens with zero attached hydrogens (tertiary/aromatic N) is 1. The molecule has 3 heteroatoms. The Labute approximate surface area is 114 Å². The Morgan fingerprint density at radius 3 is 2.68 bits per heavy atom. The van der Waals surface area contributed by atoms with Crippen molar-refractivity contribution in [3.8, 4) is 0 Å². The van der Waals surface area contributed by atoms with E-state index >= 15 is 0 Å². The highest BCUT2D eigenvalue weighted by atomic mass is 16.5. The molecule has 2 aliphatic rings. The Bertz CT molecular complexity index is 471. The van der Waals surface area contributed by atoms with Crippen molar-refractivity contribution < 1.29 is 9.53 Å². The zero-order valence-electron chi connectivity index (χ0n) is 11.6. The van der Waals surface area contributed by atoms with Gasteiger partial charge in [0.1, 0.15) is 0 Å². The second kappa shape index (κ2) is 4.64. The molecule has 1 aromatic rings. The van der Waals surface area contributed by atoms with E-state index < -0.39 is 5.41 Å². The standard InChI is InChI=1S/C16H21NO2/c1-3-19-15(18)16(12-7-5-4-6-8-12)10-14-9-13(16)11-17(14)2/h4-8,13-14H,3,9-11H2,1-2H3. The topological polar surface area (TPSA) is 29.5 Å². The molecule has 3 nitrogen and oxygen atoms in total. The van der Waals surface area contributed by atoms with Gasteiger partial charge in [-0.25, -0.2) is 0 Å². The third-order valence-electron chi connectivity index (χ3n) is 4.87. The molecule has 0 amide bonds. The van der Waals surface area contributed by atoms with Crippen LogP contribution in [-0.2, 0) is 14.9 Å². The normalized spacial score (nSPS) is 33.6. The van der Waals surface area contributed by atoms with Crippen LogP contribution in [0.15, 0.2) is 30.3 Å². The van der Waals surface area contributed by atoms with Gasteiger partial charge in [0.25, 0.3) is 0 Å². The molecular formula is C16H21NO2. The maximum Gasteiger partial charge on any atom is 0.316 e. The van der Waals surface area contributed by atoms with E-state index in [2.05, 4.69) is 24.1 Å². The molecule has 3 unspecified atom stereocenters. The zero-order valence-corrected chi connectivity index (χ0v) is 11.6. The van der Waals surface area contributed by atoms with E-state index in [1.54, 1.807) is 0 Å². The SMILES string of the molecule is CCOC(=O)C1(c2ccccc2)CC2CC1CN2C. The van der Waals surface area contributed by atoms with Crippen LogP contribution in [0.3, 0.4) is 0 Å². The quantitative estimate of drug-likeness (QED) is 0.779. The molecule has 102 valence electrons. The van der Waals surface area contributed by atoms with E-state index in [4.69, 9.17) is 4.74 Å². The van der Waals surface area contributed by atoms with Gasteiger partial charge in [0.05, 0.1) is 12.0 Å². The highest BCUT2D eigenvalue weighted by Gasteiger charge is 2.59. The van der Waals surface area contributed by atoms with E-state index in [0.29, 0.717) is 18.6 Å². The summed E-state index contributed by atoms with van der Waals surface area (Å²) in [7, 11) is 2.16. The summed E-state index contributed by atoms with van der Waals surface area (Å²) in [5.41, 5.74) is 0.725. The molecule has 19 heavy (non-hydrogen) atoms. The summed E-state index contributed by atoms with van der Waals surface area (Å²) in [5.74, 6) is 0.366. The Kier molecular flexibility index (Phi) is 3.09. The van der Waals surface area contributed by atoms with Crippen LogP contribution in [-0.4, -0.2) is 37.1 Å². The molecule has 3 rings (SSSR count). The summed E-state index contributed by atoms with van der Waals surface area (Å²) in [5, 5.41) is 0. The van der Waals surface area contributed by atoms with Crippen molar-refractivity contribution in [1.29, 1.82) is 0 Å². The Morgan fingerprint density at radius 1 is 1.42 bits per heavy atom. The number of carbonyl (C=O) groups excluding carboxylic acids is 1. The Morgan fingerprint density at radius 2 is 2.16 bits per heavy atom. The molecule has 2 fully saturated rings. The number of likely N-dealkylation sites (tertiary alicyclic amines) is 1. The third kappa shape index (κ3) is 1.79. The van der Waals surface area contributed by atoms with Gasteiger partial charge in [-0.05, 0) is 38.3 Å². The molecule has 1 aliphatic heterocycles. The van der Waals surface area contributed by atoms with Crippen LogP contribution in [0.5, 0.6) is 0 Å². The van der Waals surface area contributed by atoms with Gasteiger partial charge < -0.3 is 9.64 Å². The highest BCUT2D eigenvalue weighted by molar-refractivity contribution is 5.84. The smallest absolute Gasteiger partial charge is 0.316 e. The van der Waals surface area contributed by atoms with E-state index in [0.717, 1.165) is 24.9 Å². The van der Waals surface area contributed by atoms with Crippen molar-refractivity contribution in [2.45, 2.75) is 31.2 Å². The van der Waals surface area contributed by atoms with Crippen LogP contribution in [0.25, 0.3) is 0 Å². The van der Waals surface area contributed by atoms with Gasteiger partial charge in [-0.2, -0.15) is 0 Å². The first kappa shape index (κ1) is 12.7. The van der Waals surface area contributed by atoms with Gasteiger partial charge in [-0.3, -0.25) is 4.79 Å². The highest BCUT2D eigenvalue weighted by Crippen LogP contribution is 2.52. The molecule has 1 saturated heterocycles. The fraction of sp³-hybridized carbons (Fsp3) is 0.562. The first-order valence-corrected chi connectivity index (χ1v) is 7.11. The number of hydrogen-bond donors (Lipinski definition) is 0. The Balaban J connectivity index is 2.01. The van der Waals surface area contributed by atoms with Gasteiger partial charge in [0.2, 0.25) is 0 Å². The fourth-order valence-electron chi connectivity index (χ4n) is 3.93. The average Bonchev–Trinajstić information content (AvgIpc) is 2.97. The number of hydrogen-bond acceptors (Lipinski definition) is 3. The lowest BCUT2D eigenvalue weighted by Crippen LogP contribution is -2.48. The van der Waals surface area contributed by atoms with Gasteiger partial charge in [0, 0.05) is 12.6 Å². The van der Waals surface area contributed by atoms with Crippen molar-refractivity contribution in [3.63, 3.8) is 0 Å². The molecule has 0 spiro atoms. The molecule has 1 aliphatic carbocycles. The summed E-state index contributed by atoms with van der Waals surface area (Å²) in [6.07, 6.45) is 2.02. The number of rotatable bonds is 3. The second-order valence-electron chi connectivity index (χ2n) is 5.79. The third-order valence-corrected chi connectivity index (χ3v) is 4.87. The molecule has 1 heterocycles. The van der Waals surface area contributed by atoms with Gasteiger partial charge in [-0.15, -0.1) is 0 Å². The number of benzene rings is 1. The molecule has 0 N–H and O–H groups in total. The van der Waals surface area contributed by atoms with E-state index in [-0.39, 0.29) is 5.97 Å². The summed E-state index contributed by atoms with van der Waals surface area (Å²) in [6, 6.07) is 10.7. The maximum absolute atomic E-state index is 12.6. The van der Waals surface area contributed by atoms with Crippen molar-refractivity contribution in [2.24, 2.45) is 5.92 Å². The first-order valence-electron chi connectivity index (χ1n) is 7.11. The number of esters is 1. The van der Waals surface area contributed by atoms with Crippen LogP contribution in [0.2, 0.25) is 0 Å². The van der Waals surface area contributed by atoms with Crippen LogP contribution < -0.4 is 0 Å². The molecule has 0 aromatic heterocycles. The molecule has 1 saturated carbocycles. The molecule has 1 aromatic carbocycles. The van der Waals surface area contributed by atoms with Crippen molar-refractivity contribution in [1.82, 2.24) is 4.90 Å². The predicted molar refractivity (Wildman–Crippen MR) is 73.9 cm³/mol. The number of carbonyl (C=O) groups is 1. The summed E-state index contributed by atoms with van der Waals surface area (Å²) in [6.45, 7) is 3.34. The van der Waals surface area contributed by atoms with Gasteiger partial charge >= 0.3 is 5.97 Å². The van der Waals surface area contributed by atoms with Gasteiger partial charge in [-0.1, -0.05) is 30.3 Å². The lowest BCUT2D eigenvalue weighted by Gasteiger charge is -2.38. The largest absolute Gasteiger partial charge is 0.465 e.